The van der Waals surface area contributed by atoms with Gasteiger partial charge in [0, 0.05) is 12.1 Å². The van der Waals surface area contributed by atoms with Gasteiger partial charge in [-0.15, -0.1) is 0 Å². The smallest absolute Gasteiger partial charge is 0.287 e. The van der Waals surface area contributed by atoms with Crippen LogP contribution in [0.2, 0.25) is 0 Å². The van der Waals surface area contributed by atoms with Gasteiger partial charge in [-0.25, -0.2) is 4.98 Å². The standard InChI is InChI=1S/C11H17N4O2/c1-9(6-7-14(2)3)13-11-5-4-10(8-12-11)15(16)17/h4-5,8-9H,1,6-7H2,2-3H3,(H,12,13). The van der Waals surface area contributed by atoms with Crippen LogP contribution < -0.4 is 5.32 Å². The van der Waals surface area contributed by atoms with E-state index < -0.39 is 4.92 Å². The van der Waals surface area contributed by atoms with E-state index in [9.17, 15) is 10.1 Å². The highest BCUT2D eigenvalue weighted by molar-refractivity contribution is 5.41. The van der Waals surface area contributed by atoms with Crippen molar-refractivity contribution in [3.63, 3.8) is 0 Å². The van der Waals surface area contributed by atoms with Crippen molar-refractivity contribution in [2.24, 2.45) is 0 Å². The van der Waals surface area contributed by atoms with Crippen LogP contribution in [0.1, 0.15) is 6.42 Å². The fourth-order valence-electron chi connectivity index (χ4n) is 1.27. The molecular weight excluding hydrogens is 220 g/mol. The molecule has 0 aliphatic carbocycles. The Morgan fingerprint density at radius 2 is 2.29 bits per heavy atom. The molecule has 0 bridgehead atoms. The van der Waals surface area contributed by atoms with Crippen LogP contribution in [0.25, 0.3) is 0 Å². The number of aromatic nitrogens is 1. The van der Waals surface area contributed by atoms with Crippen molar-refractivity contribution in [3.8, 4) is 0 Å². The van der Waals surface area contributed by atoms with Gasteiger partial charge in [0.05, 0.1) is 4.92 Å². The second kappa shape index (κ2) is 6.15. The van der Waals surface area contributed by atoms with E-state index in [0.717, 1.165) is 13.0 Å². The molecule has 6 heteroatoms. The van der Waals surface area contributed by atoms with Crippen LogP contribution in [0.15, 0.2) is 18.3 Å². The summed E-state index contributed by atoms with van der Waals surface area (Å²) in [7, 11) is 3.99. The molecule has 0 spiro atoms. The highest BCUT2D eigenvalue weighted by Crippen LogP contribution is 2.12. The fraction of sp³-hybridized carbons (Fsp3) is 0.455. The Kier molecular flexibility index (Phi) is 4.84. The van der Waals surface area contributed by atoms with Crippen LogP contribution in [-0.2, 0) is 0 Å². The zero-order valence-electron chi connectivity index (χ0n) is 10.1. The Hall–Kier alpha value is -1.69. The molecule has 6 nitrogen and oxygen atoms in total. The van der Waals surface area contributed by atoms with Crippen molar-refractivity contribution < 1.29 is 4.92 Å². The van der Waals surface area contributed by atoms with Crippen molar-refractivity contribution >= 4 is 11.5 Å². The molecule has 0 fully saturated rings. The van der Waals surface area contributed by atoms with Crippen molar-refractivity contribution in [3.05, 3.63) is 35.4 Å². The summed E-state index contributed by atoms with van der Waals surface area (Å²) in [4.78, 5) is 16.0. The van der Waals surface area contributed by atoms with Gasteiger partial charge in [-0.05, 0) is 40.1 Å². The van der Waals surface area contributed by atoms with E-state index in [1.165, 1.54) is 12.3 Å². The average molecular weight is 237 g/mol. The van der Waals surface area contributed by atoms with Crippen LogP contribution >= 0.6 is 0 Å². The number of nitrogens with one attached hydrogen (secondary N) is 1. The molecule has 1 heterocycles. The molecule has 1 rings (SSSR count). The van der Waals surface area contributed by atoms with E-state index in [-0.39, 0.29) is 11.7 Å². The third kappa shape index (κ3) is 4.78. The quantitative estimate of drug-likeness (QED) is 0.600. The molecule has 17 heavy (non-hydrogen) atoms. The number of hydrogen-bond donors (Lipinski definition) is 1. The fourth-order valence-corrected chi connectivity index (χ4v) is 1.27. The Morgan fingerprint density at radius 3 is 2.76 bits per heavy atom. The lowest BCUT2D eigenvalue weighted by molar-refractivity contribution is -0.385. The molecule has 1 atom stereocenters. The first-order chi connectivity index (χ1) is 7.99. The molecule has 0 aliphatic rings. The average Bonchev–Trinajstić information content (AvgIpc) is 2.27. The van der Waals surface area contributed by atoms with Crippen molar-refractivity contribution in [2.45, 2.75) is 12.5 Å². The lowest BCUT2D eigenvalue weighted by atomic mass is 10.2. The SMILES string of the molecule is [CH2]C(CCN(C)C)Nc1ccc([N+](=O)[O-])cn1. The Bertz CT molecular complexity index is 364. The molecule has 1 aromatic rings. The van der Waals surface area contributed by atoms with Gasteiger partial charge in [-0.1, -0.05) is 0 Å². The summed E-state index contributed by atoms with van der Waals surface area (Å²) >= 11 is 0. The van der Waals surface area contributed by atoms with Crippen molar-refractivity contribution in [2.75, 3.05) is 26.0 Å². The molecule has 1 radical (unpaired) electrons. The minimum Gasteiger partial charge on any atom is -0.367 e. The molecule has 1 N–H and O–H groups in total. The van der Waals surface area contributed by atoms with E-state index in [0.29, 0.717) is 5.82 Å². The zero-order chi connectivity index (χ0) is 12.8. The Labute approximate surface area is 101 Å². The monoisotopic (exact) mass is 237 g/mol. The molecular formula is C11H17N4O2. The van der Waals surface area contributed by atoms with Crippen LogP contribution in [0, 0.1) is 17.0 Å². The molecule has 0 aromatic carbocycles. The van der Waals surface area contributed by atoms with Crippen molar-refractivity contribution in [1.82, 2.24) is 9.88 Å². The second-order valence-electron chi connectivity index (χ2n) is 4.09. The summed E-state index contributed by atoms with van der Waals surface area (Å²) < 4.78 is 0. The van der Waals surface area contributed by atoms with Gasteiger partial charge in [-0.3, -0.25) is 10.1 Å². The maximum atomic E-state index is 10.4. The van der Waals surface area contributed by atoms with Crippen molar-refractivity contribution in [1.29, 1.82) is 0 Å². The normalized spacial score (nSPS) is 12.5. The molecule has 1 unspecified atom stereocenters. The topological polar surface area (TPSA) is 71.3 Å². The lowest BCUT2D eigenvalue weighted by Crippen LogP contribution is -2.23. The highest BCUT2D eigenvalue weighted by atomic mass is 16.6. The minimum absolute atomic E-state index is 0.00977. The number of anilines is 1. The summed E-state index contributed by atoms with van der Waals surface area (Å²) in [5.74, 6) is 0.606. The number of hydrogen-bond acceptors (Lipinski definition) is 5. The van der Waals surface area contributed by atoms with Gasteiger partial charge in [0.25, 0.3) is 5.69 Å². The van der Waals surface area contributed by atoms with E-state index in [1.807, 2.05) is 14.1 Å². The van der Waals surface area contributed by atoms with Gasteiger partial charge < -0.3 is 10.2 Å². The first kappa shape index (κ1) is 13.4. The number of nitro groups is 1. The zero-order valence-corrected chi connectivity index (χ0v) is 10.1. The van der Waals surface area contributed by atoms with Gasteiger partial charge in [0.1, 0.15) is 12.0 Å². The van der Waals surface area contributed by atoms with E-state index in [4.69, 9.17) is 0 Å². The van der Waals surface area contributed by atoms with E-state index >= 15 is 0 Å². The predicted octanol–water partition coefficient (Wildman–Crippen LogP) is 1.56. The minimum atomic E-state index is -0.468. The number of rotatable bonds is 6. The molecule has 0 saturated heterocycles. The summed E-state index contributed by atoms with van der Waals surface area (Å²) in [5, 5.41) is 13.5. The van der Waals surface area contributed by atoms with Gasteiger partial charge in [0.2, 0.25) is 0 Å². The Morgan fingerprint density at radius 1 is 1.59 bits per heavy atom. The van der Waals surface area contributed by atoms with Crippen LogP contribution in [0.5, 0.6) is 0 Å². The van der Waals surface area contributed by atoms with Gasteiger partial charge in [0.15, 0.2) is 0 Å². The Balaban J connectivity index is 2.48. The maximum Gasteiger partial charge on any atom is 0.287 e. The van der Waals surface area contributed by atoms with Crippen LogP contribution in [0.4, 0.5) is 11.5 Å². The molecule has 0 amide bonds. The first-order valence-electron chi connectivity index (χ1n) is 5.34. The molecule has 93 valence electrons. The summed E-state index contributed by atoms with van der Waals surface area (Å²) in [5.41, 5.74) is -0.00977. The summed E-state index contributed by atoms with van der Waals surface area (Å²) in [6, 6.07) is 3.05. The van der Waals surface area contributed by atoms with Crippen LogP contribution in [0.3, 0.4) is 0 Å². The summed E-state index contributed by atoms with van der Waals surface area (Å²) in [6.45, 7) is 4.88. The maximum absolute atomic E-state index is 10.4. The lowest BCUT2D eigenvalue weighted by Gasteiger charge is -2.16. The number of pyridine rings is 1. The summed E-state index contributed by atoms with van der Waals surface area (Å²) in [6.07, 6.45) is 2.12. The predicted molar refractivity (Wildman–Crippen MR) is 66.8 cm³/mol. The number of nitrogens with zero attached hydrogens (tertiary/aromatic N) is 3. The van der Waals surface area contributed by atoms with Gasteiger partial charge in [-0.2, -0.15) is 0 Å². The molecule has 1 aromatic heterocycles. The molecule has 0 aliphatic heterocycles. The van der Waals surface area contributed by atoms with E-state index in [1.54, 1.807) is 6.07 Å². The van der Waals surface area contributed by atoms with E-state index in [2.05, 4.69) is 22.1 Å². The second-order valence-corrected chi connectivity index (χ2v) is 4.09. The third-order valence-corrected chi connectivity index (χ3v) is 2.24. The van der Waals surface area contributed by atoms with Gasteiger partial charge >= 0.3 is 0 Å². The third-order valence-electron chi connectivity index (χ3n) is 2.24. The largest absolute Gasteiger partial charge is 0.367 e. The van der Waals surface area contributed by atoms with Crippen LogP contribution in [-0.4, -0.2) is 41.5 Å². The highest BCUT2D eigenvalue weighted by Gasteiger charge is 2.07. The molecule has 0 saturated carbocycles. The first-order valence-corrected chi connectivity index (χ1v) is 5.34.